The van der Waals surface area contributed by atoms with Crippen molar-refractivity contribution in [1.29, 1.82) is 0 Å². The maximum absolute atomic E-state index is 13.0. The average molecular weight is 441 g/mol. The summed E-state index contributed by atoms with van der Waals surface area (Å²) in [5.41, 5.74) is 1.61. The predicted octanol–water partition coefficient (Wildman–Crippen LogP) is 3.84. The van der Waals surface area contributed by atoms with E-state index in [0.29, 0.717) is 38.0 Å². The predicted molar refractivity (Wildman–Crippen MR) is 119 cm³/mol. The van der Waals surface area contributed by atoms with E-state index in [1.165, 1.54) is 28.6 Å². The molecule has 1 amide bonds. The van der Waals surface area contributed by atoms with Gasteiger partial charge in [0, 0.05) is 25.6 Å². The van der Waals surface area contributed by atoms with Gasteiger partial charge in [0.2, 0.25) is 15.9 Å². The van der Waals surface area contributed by atoms with Crippen molar-refractivity contribution in [1.82, 2.24) is 9.62 Å². The molecule has 31 heavy (non-hydrogen) atoms. The number of amides is 1. The number of sulfonamides is 1. The van der Waals surface area contributed by atoms with E-state index in [9.17, 15) is 17.6 Å². The summed E-state index contributed by atoms with van der Waals surface area (Å²) < 4.78 is 39.8. The number of carbonyl (C=O) groups excluding carboxylic acids is 1. The molecule has 4 rings (SSSR count). The second-order valence-electron chi connectivity index (χ2n) is 7.91. The number of hydrogen-bond donors (Lipinski definition) is 1. The summed E-state index contributed by atoms with van der Waals surface area (Å²) in [7, 11) is -3.50. The van der Waals surface area contributed by atoms with Crippen LogP contribution in [0, 0.1) is 11.7 Å². The Hall–Kier alpha value is -2.77. The molecule has 1 aliphatic rings. The number of halogens is 1. The van der Waals surface area contributed by atoms with Gasteiger partial charge in [-0.3, -0.25) is 4.79 Å². The van der Waals surface area contributed by atoms with Crippen LogP contribution in [0.25, 0.3) is 10.8 Å². The summed E-state index contributed by atoms with van der Waals surface area (Å²) in [6, 6.07) is 19.6. The first-order valence-corrected chi connectivity index (χ1v) is 12.0. The lowest BCUT2D eigenvalue weighted by atomic mass is 9.97. The molecule has 0 saturated carbocycles. The van der Waals surface area contributed by atoms with E-state index in [0.717, 1.165) is 16.3 Å². The minimum absolute atomic E-state index is 0.0384. The zero-order valence-electron chi connectivity index (χ0n) is 17.1. The molecule has 0 aromatic heterocycles. The number of carbonyl (C=O) groups is 1. The standard InChI is InChI=1S/C24H25FN2O3S/c25-22-10-8-18(9-11-22)17-31(29,30)27-14-12-20(13-15-27)24(28)26-16-21-6-3-5-19-4-1-2-7-23(19)21/h1-11,20H,12-17H2,(H,26,28). The first-order valence-electron chi connectivity index (χ1n) is 10.4. The van der Waals surface area contributed by atoms with Crippen LogP contribution in [0.4, 0.5) is 4.39 Å². The highest BCUT2D eigenvalue weighted by atomic mass is 32.2. The molecule has 0 radical (unpaired) electrons. The monoisotopic (exact) mass is 440 g/mol. The van der Waals surface area contributed by atoms with Crippen LogP contribution in [0.5, 0.6) is 0 Å². The number of fused-ring (bicyclic) bond motifs is 1. The van der Waals surface area contributed by atoms with Crippen LogP contribution in [0.1, 0.15) is 24.0 Å². The van der Waals surface area contributed by atoms with Crippen LogP contribution in [-0.2, 0) is 27.1 Å². The summed E-state index contributed by atoms with van der Waals surface area (Å²) in [5.74, 6) is -0.794. The second-order valence-corrected chi connectivity index (χ2v) is 9.88. The lowest BCUT2D eigenvalue weighted by molar-refractivity contribution is -0.126. The quantitative estimate of drug-likeness (QED) is 0.633. The molecule has 0 unspecified atom stereocenters. The van der Waals surface area contributed by atoms with Gasteiger partial charge < -0.3 is 5.32 Å². The highest BCUT2D eigenvalue weighted by molar-refractivity contribution is 7.88. The van der Waals surface area contributed by atoms with Gasteiger partial charge in [-0.25, -0.2) is 17.1 Å². The zero-order chi connectivity index (χ0) is 21.8. The van der Waals surface area contributed by atoms with Crippen LogP contribution in [0.2, 0.25) is 0 Å². The summed E-state index contributed by atoms with van der Waals surface area (Å²) in [4.78, 5) is 12.7. The van der Waals surface area contributed by atoms with Gasteiger partial charge >= 0.3 is 0 Å². The van der Waals surface area contributed by atoms with E-state index >= 15 is 0 Å². The van der Waals surface area contributed by atoms with Crippen molar-refractivity contribution in [3.8, 4) is 0 Å². The maximum Gasteiger partial charge on any atom is 0.223 e. The van der Waals surface area contributed by atoms with Gasteiger partial charge in [0.1, 0.15) is 5.82 Å². The zero-order valence-corrected chi connectivity index (χ0v) is 17.9. The summed E-state index contributed by atoms with van der Waals surface area (Å²) >= 11 is 0. The molecule has 7 heteroatoms. The molecule has 1 N–H and O–H groups in total. The van der Waals surface area contributed by atoms with Crippen LogP contribution in [0.15, 0.2) is 66.7 Å². The number of piperidine rings is 1. The fourth-order valence-electron chi connectivity index (χ4n) is 4.05. The third-order valence-electron chi connectivity index (χ3n) is 5.81. The Labute approximate surface area is 181 Å². The molecule has 3 aromatic carbocycles. The first kappa shape index (κ1) is 21.5. The minimum Gasteiger partial charge on any atom is -0.352 e. The number of hydrogen-bond acceptors (Lipinski definition) is 3. The number of nitrogens with one attached hydrogen (secondary N) is 1. The van der Waals surface area contributed by atoms with Gasteiger partial charge in [0.15, 0.2) is 0 Å². The van der Waals surface area contributed by atoms with Gasteiger partial charge in [-0.1, -0.05) is 54.6 Å². The number of rotatable bonds is 6. The smallest absolute Gasteiger partial charge is 0.223 e. The van der Waals surface area contributed by atoms with Crippen molar-refractivity contribution in [3.63, 3.8) is 0 Å². The van der Waals surface area contributed by atoms with E-state index in [2.05, 4.69) is 5.32 Å². The van der Waals surface area contributed by atoms with Crippen molar-refractivity contribution in [2.24, 2.45) is 5.92 Å². The van der Waals surface area contributed by atoms with E-state index in [-0.39, 0.29) is 17.6 Å². The Morgan fingerprint density at radius 1 is 0.968 bits per heavy atom. The van der Waals surface area contributed by atoms with E-state index in [1.807, 2.05) is 42.5 Å². The second kappa shape index (κ2) is 9.16. The molecule has 3 aromatic rings. The maximum atomic E-state index is 13.0. The topological polar surface area (TPSA) is 66.5 Å². The number of nitrogens with zero attached hydrogens (tertiary/aromatic N) is 1. The highest BCUT2D eigenvalue weighted by Gasteiger charge is 2.31. The molecule has 0 atom stereocenters. The lowest BCUT2D eigenvalue weighted by Crippen LogP contribution is -2.43. The Morgan fingerprint density at radius 2 is 1.65 bits per heavy atom. The van der Waals surface area contributed by atoms with Crippen LogP contribution >= 0.6 is 0 Å². The SMILES string of the molecule is O=C(NCc1cccc2ccccc12)C1CCN(S(=O)(=O)Cc2ccc(F)cc2)CC1. The van der Waals surface area contributed by atoms with Crippen LogP contribution < -0.4 is 5.32 Å². The molecule has 1 aliphatic heterocycles. The van der Waals surface area contributed by atoms with Crippen molar-refractivity contribution in [2.45, 2.75) is 25.1 Å². The van der Waals surface area contributed by atoms with E-state index in [1.54, 1.807) is 0 Å². The third-order valence-corrected chi connectivity index (χ3v) is 7.66. The van der Waals surface area contributed by atoms with Crippen molar-refractivity contribution in [3.05, 3.63) is 83.7 Å². The molecule has 1 fully saturated rings. The molecule has 0 aliphatic carbocycles. The Bertz CT molecular complexity index is 1170. The minimum atomic E-state index is -3.50. The van der Waals surface area contributed by atoms with Crippen LogP contribution in [0.3, 0.4) is 0 Å². The molecule has 162 valence electrons. The Morgan fingerprint density at radius 3 is 2.39 bits per heavy atom. The van der Waals surface area contributed by atoms with Gasteiger partial charge in [-0.15, -0.1) is 0 Å². The summed E-state index contributed by atoms with van der Waals surface area (Å²) in [5, 5.41) is 5.27. The molecule has 0 spiro atoms. The molecular formula is C24H25FN2O3S. The molecule has 1 heterocycles. The average Bonchev–Trinajstić information content (AvgIpc) is 2.79. The normalized spacial score (nSPS) is 15.8. The van der Waals surface area contributed by atoms with Gasteiger partial charge in [-0.2, -0.15) is 0 Å². The molecule has 1 saturated heterocycles. The Balaban J connectivity index is 1.31. The fraction of sp³-hybridized carbons (Fsp3) is 0.292. The van der Waals surface area contributed by atoms with Gasteiger partial charge in [0.05, 0.1) is 5.75 Å². The molecular weight excluding hydrogens is 415 g/mol. The lowest BCUT2D eigenvalue weighted by Gasteiger charge is -2.30. The van der Waals surface area contributed by atoms with Crippen molar-refractivity contribution >= 4 is 26.7 Å². The number of benzene rings is 3. The summed E-state index contributed by atoms with van der Waals surface area (Å²) in [6.07, 6.45) is 0.980. The largest absolute Gasteiger partial charge is 0.352 e. The fourth-order valence-corrected chi connectivity index (χ4v) is 5.62. The van der Waals surface area contributed by atoms with Gasteiger partial charge in [0.25, 0.3) is 0 Å². The summed E-state index contributed by atoms with van der Waals surface area (Å²) in [6.45, 7) is 1.08. The Kier molecular flexibility index (Phi) is 6.34. The third kappa shape index (κ3) is 5.11. The van der Waals surface area contributed by atoms with Crippen molar-refractivity contribution in [2.75, 3.05) is 13.1 Å². The van der Waals surface area contributed by atoms with Crippen LogP contribution in [-0.4, -0.2) is 31.7 Å². The highest BCUT2D eigenvalue weighted by Crippen LogP contribution is 2.23. The molecule has 0 bridgehead atoms. The first-order chi connectivity index (χ1) is 14.9. The van der Waals surface area contributed by atoms with Gasteiger partial charge in [-0.05, 0) is 46.9 Å². The van der Waals surface area contributed by atoms with E-state index in [4.69, 9.17) is 0 Å². The molecule has 5 nitrogen and oxygen atoms in total. The van der Waals surface area contributed by atoms with E-state index < -0.39 is 15.8 Å². The van der Waals surface area contributed by atoms with Crippen molar-refractivity contribution < 1.29 is 17.6 Å².